The summed E-state index contributed by atoms with van der Waals surface area (Å²) in [7, 11) is 0. The van der Waals surface area contributed by atoms with Crippen molar-refractivity contribution in [3.63, 3.8) is 0 Å². The molecule has 0 aromatic heterocycles. The van der Waals surface area contributed by atoms with Gasteiger partial charge in [-0.15, -0.1) is 0 Å². The summed E-state index contributed by atoms with van der Waals surface area (Å²) in [5, 5.41) is 17.1. The molecule has 0 heterocycles. The second-order valence-electron chi connectivity index (χ2n) is 2.82. The molecule has 1 aromatic carbocycles. The predicted molar refractivity (Wildman–Crippen MR) is 54.5 cm³/mol. The molecule has 0 aliphatic heterocycles. The normalized spacial score (nSPS) is 8.71. The summed E-state index contributed by atoms with van der Waals surface area (Å²) in [6.45, 7) is 0.930. The Morgan fingerprint density at radius 1 is 1.07 bits per heavy atom. The van der Waals surface area contributed by atoms with Crippen LogP contribution in [0.4, 0.5) is 5.69 Å². The number of anilines is 1. The van der Waals surface area contributed by atoms with Crippen LogP contribution in [0.2, 0.25) is 0 Å². The summed E-state index contributed by atoms with van der Waals surface area (Å²) in [6.07, 6.45) is 0.441. The molecule has 0 atom stereocenters. The smallest absolute Gasteiger partial charge is 0.105 e. The lowest BCUT2D eigenvalue weighted by Gasteiger charge is -2.19. The fourth-order valence-electron chi connectivity index (χ4n) is 1.21. The van der Waals surface area contributed by atoms with Crippen LogP contribution in [-0.4, -0.2) is 13.1 Å². The maximum atomic E-state index is 8.62. The quantitative estimate of drug-likeness (QED) is 0.673. The van der Waals surface area contributed by atoms with E-state index < -0.39 is 0 Å². The molecule has 0 radical (unpaired) electrons. The van der Waals surface area contributed by atoms with E-state index in [2.05, 4.69) is 12.1 Å². The Bertz CT molecular complexity index is 345. The van der Waals surface area contributed by atoms with Gasteiger partial charge in [0.25, 0.3) is 0 Å². The summed E-state index contributed by atoms with van der Waals surface area (Å²) in [5.41, 5.74) is 0.990. The van der Waals surface area contributed by atoms with Crippen LogP contribution in [0.15, 0.2) is 30.3 Å². The fraction of sp³-hybridized carbons (Fsp3) is 0.273. The highest BCUT2D eigenvalue weighted by Crippen LogP contribution is 2.12. The van der Waals surface area contributed by atoms with Crippen molar-refractivity contribution in [2.45, 2.75) is 6.42 Å². The Morgan fingerprint density at radius 2 is 1.79 bits per heavy atom. The van der Waals surface area contributed by atoms with Crippen LogP contribution in [0, 0.1) is 22.7 Å². The number of rotatable bonds is 4. The zero-order chi connectivity index (χ0) is 10.2. The molecular formula is C11H11N3. The van der Waals surface area contributed by atoms with Crippen LogP contribution >= 0.6 is 0 Å². The Balaban J connectivity index is 2.69. The molecule has 0 fully saturated rings. The summed E-state index contributed by atoms with van der Waals surface area (Å²) in [6, 6.07) is 13.8. The Morgan fingerprint density at radius 3 is 2.36 bits per heavy atom. The third-order valence-electron chi connectivity index (χ3n) is 1.88. The number of hydrogen-bond acceptors (Lipinski definition) is 3. The summed E-state index contributed by atoms with van der Waals surface area (Å²) < 4.78 is 0. The number of nitriles is 2. The van der Waals surface area contributed by atoms with Gasteiger partial charge in [0, 0.05) is 12.2 Å². The topological polar surface area (TPSA) is 50.8 Å². The van der Waals surface area contributed by atoms with E-state index in [1.165, 1.54) is 0 Å². The van der Waals surface area contributed by atoms with E-state index in [1.807, 2.05) is 35.2 Å². The highest BCUT2D eigenvalue weighted by atomic mass is 15.1. The third-order valence-corrected chi connectivity index (χ3v) is 1.88. The van der Waals surface area contributed by atoms with Crippen molar-refractivity contribution in [3.8, 4) is 12.1 Å². The van der Waals surface area contributed by atoms with E-state index in [9.17, 15) is 0 Å². The molecule has 3 nitrogen and oxygen atoms in total. The average molecular weight is 185 g/mol. The van der Waals surface area contributed by atoms with Crippen LogP contribution in [0.3, 0.4) is 0 Å². The van der Waals surface area contributed by atoms with Crippen molar-refractivity contribution >= 4 is 5.69 Å². The zero-order valence-corrected chi connectivity index (χ0v) is 7.85. The molecule has 3 heteroatoms. The van der Waals surface area contributed by atoms with Crippen molar-refractivity contribution in [1.29, 1.82) is 10.5 Å². The van der Waals surface area contributed by atoms with E-state index in [-0.39, 0.29) is 0 Å². The minimum atomic E-state index is 0.325. The summed E-state index contributed by atoms with van der Waals surface area (Å²) >= 11 is 0. The molecule has 0 bridgehead atoms. The van der Waals surface area contributed by atoms with Gasteiger partial charge in [0.15, 0.2) is 0 Å². The maximum absolute atomic E-state index is 8.62. The first-order chi connectivity index (χ1) is 6.88. The molecule has 0 saturated heterocycles. The lowest BCUT2D eigenvalue weighted by atomic mass is 10.2. The molecule has 0 amide bonds. The Kier molecular flexibility index (Phi) is 4.04. The average Bonchev–Trinajstić information content (AvgIpc) is 2.25. The number of hydrogen-bond donors (Lipinski definition) is 0. The van der Waals surface area contributed by atoms with Crippen molar-refractivity contribution in [3.05, 3.63) is 30.3 Å². The lowest BCUT2D eigenvalue weighted by Crippen LogP contribution is -2.24. The van der Waals surface area contributed by atoms with Crippen molar-refractivity contribution in [1.82, 2.24) is 0 Å². The maximum Gasteiger partial charge on any atom is 0.105 e. The van der Waals surface area contributed by atoms with Gasteiger partial charge in [-0.25, -0.2) is 0 Å². The van der Waals surface area contributed by atoms with Gasteiger partial charge < -0.3 is 4.90 Å². The van der Waals surface area contributed by atoms with Crippen molar-refractivity contribution in [2.75, 3.05) is 18.0 Å². The number of para-hydroxylation sites is 1. The highest BCUT2D eigenvalue weighted by molar-refractivity contribution is 5.46. The van der Waals surface area contributed by atoms with Crippen LogP contribution in [0.25, 0.3) is 0 Å². The van der Waals surface area contributed by atoms with Crippen LogP contribution < -0.4 is 4.90 Å². The van der Waals surface area contributed by atoms with Crippen LogP contribution in [0.5, 0.6) is 0 Å². The van der Waals surface area contributed by atoms with Gasteiger partial charge in [0.1, 0.15) is 6.54 Å². The minimum absolute atomic E-state index is 0.325. The van der Waals surface area contributed by atoms with Gasteiger partial charge in [0.2, 0.25) is 0 Å². The van der Waals surface area contributed by atoms with Gasteiger partial charge >= 0.3 is 0 Å². The molecule has 14 heavy (non-hydrogen) atoms. The van der Waals surface area contributed by atoms with E-state index in [0.717, 1.165) is 5.69 Å². The Hall–Kier alpha value is -2.00. The third kappa shape index (κ3) is 2.80. The SMILES string of the molecule is N#CCCN(CC#N)c1ccccc1. The Labute approximate surface area is 83.8 Å². The lowest BCUT2D eigenvalue weighted by molar-refractivity contribution is 0.863. The van der Waals surface area contributed by atoms with E-state index in [4.69, 9.17) is 10.5 Å². The molecule has 0 N–H and O–H groups in total. The first-order valence-electron chi connectivity index (χ1n) is 4.42. The largest absolute Gasteiger partial charge is 0.357 e. The first kappa shape index (κ1) is 10.1. The highest BCUT2D eigenvalue weighted by Gasteiger charge is 2.03. The van der Waals surface area contributed by atoms with Crippen molar-refractivity contribution < 1.29 is 0 Å². The second-order valence-corrected chi connectivity index (χ2v) is 2.82. The monoisotopic (exact) mass is 185 g/mol. The van der Waals surface area contributed by atoms with E-state index >= 15 is 0 Å². The molecular weight excluding hydrogens is 174 g/mol. The van der Waals surface area contributed by atoms with Gasteiger partial charge in [-0.05, 0) is 12.1 Å². The van der Waals surface area contributed by atoms with E-state index in [1.54, 1.807) is 0 Å². The molecule has 0 unspecified atom stereocenters. The zero-order valence-electron chi connectivity index (χ0n) is 7.85. The van der Waals surface area contributed by atoms with Gasteiger partial charge in [-0.1, -0.05) is 18.2 Å². The molecule has 0 aliphatic carbocycles. The van der Waals surface area contributed by atoms with Crippen LogP contribution in [0.1, 0.15) is 6.42 Å². The first-order valence-corrected chi connectivity index (χ1v) is 4.42. The molecule has 1 rings (SSSR count). The molecule has 1 aromatic rings. The van der Waals surface area contributed by atoms with Gasteiger partial charge in [-0.3, -0.25) is 0 Å². The van der Waals surface area contributed by atoms with Gasteiger partial charge in [-0.2, -0.15) is 10.5 Å². The molecule has 0 aliphatic rings. The minimum Gasteiger partial charge on any atom is -0.357 e. The fourth-order valence-corrected chi connectivity index (χ4v) is 1.21. The van der Waals surface area contributed by atoms with Gasteiger partial charge in [0.05, 0.1) is 18.6 Å². The second kappa shape index (κ2) is 5.61. The standard InChI is InChI=1S/C11H11N3/c12-7-4-9-14(10-8-13)11-5-2-1-3-6-11/h1-3,5-6H,4,9-10H2. The summed E-state index contributed by atoms with van der Waals surface area (Å²) in [4.78, 5) is 1.89. The summed E-state index contributed by atoms with van der Waals surface area (Å²) in [5.74, 6) is 0. The van der Waals surface area contributed by atoms with Crippen molar-refractivity contribution in [2.24, 2.45) is 0 Å². The van der Waals surface area contributed by atoms with Crippen LogP contribution in [-0.2, 0) is 0 Å². The molecule has 70 valence electrons. The number of benzene rings is 1. The van der Waals surface area contributed by atoms with E-state index in [0.29, 0.717) is 19.5 Å². The molecule has 0 spiro atoms. The predicted octanol–water partition coefficient (Wildman–Crippen LogP) is 1.93. The molecule has 0 saturated carbocycles. The number of nitrogens with zero attached hydrogens (tertiary/aromatic N) is 3.